The second kappa shape index (κ2) is 5.69. The van der Waals surface area contributed by atoms with Crippen molar-refractivity contribution in [2.24, 2.45) is 11.7 Å². The zero-order valence-electron chi connectivity index (χ0n) is 11.0. The van der Waals surface area contributed by atoms with E-state index in [1.807, 2.05) is 13.0 Å². The van der Waals surface area contributed by atoms with Crippen LogP contribution in [0, 0.1) is 12.8 Å². The van der Waals surface area contributed by atoms with Gasteiger partial charge in [-0.2, -0.15) is 0 Å². The van der Waals surface area contributed by atoms with Crippen molar-refractivity contribution in [2.75, 3.05) is 19.6 Å². The fourth-order valence-electron chi connectivity index (χ4n) is 2.67. The van der Waals surface area contributed by atoms with Crippen LogP contribution >= 0.6 is 0 Å². The molecule has 0 bridgehead atoms. The Hall–Kier alpha value is -0.800. The smallest absolute Gasteiger partial charge is 0.122 e. The predicted octanol–water partition coefficient (Wildman–Crippen LogP) is 2.71. The molecule has 1 fully saturated rings. The van der Waals surface area contributed by atoms with E-state index in [2.05, 4.69) is 17.9 Å². The number of hydrogen-bond donors (Lipinski definition) is 1. The molecule has 0 spiro atoms. The first-order valence-electron chi connectivity index (χ1n) is 6.71. The van der Waals surface area contributed by atoms with E-state index >= 15 is 0 Å². The zero-order chi connectivity index (χ0) is 12.3. The van der Waals surface area contributed by atoms with Gasteiger partial charge >= 0.3 is 0 Å². The Morgan fingerprint density at radius 2 is 2.24 bits per heavy atom. The standard InChI is InChI=1S/C14H24N2O/c1-11-4-3-8-16(9-7-11)13(10-15)14-6-5-12(2)17-14/h5-6,11,13H,3-4,7-10,15H2,1-2H3. The van der Waals surface area contributed by atoms with Crippen LogP contribution < -0.4 is 5.73 Å². The van der Waals surface area contributed by atoms with E-state index in [1.54, 1.807) is 0 Å². The maximum absolute atomic E-state index is 5.93. The lowest BCUT2D eigenvalue weighted by atomic mass is 10.0. The van der Waals surface area contributed by atoms with Gasteiger partial charge in [0, 0.05) is 6.54 Å². The van der Waals surface area contributed by atoms with Gasteiger partial charge in [0.2, 0.25) is 0 Å². The van der Waals surface area contributed by atoms with Gasteiger partial charge in [-0.15, -0.1) is 0 Å². The maximum Gasteiger partial charge on any atom is 0.122 e. The van der Waals surface area contributed by atoms with E-state index in [1.165, 1.54) is 19.3 Å². The molecule has 1 saturated heterocycles. The fourth-order valence-corrected chi connectivity index (χ4v) is 2.67. The second-order valence-corrected chi connectivity index (χ2v) is 5.27. The molecule has 0 radical (unpaired) electrons. The third-order valence-electron chi connectivity index (χ3n) is 3.80. The van der Waals surface area contributed by atoms with Crippen LogP contribution in [0.5, 0.6) is 0 Å². The molecule has 3 nitrogen and oxygen atoms in total. The molecule has 1 aromatic rings. The molecule has 2 heterocycles. The molecule has 1 aliphatic heterocycles. The minimum absolute atomic E-state index is 0.258. The molecule has 96 valence electrons. The Kier molecular flexibility index (Phi) is 4.24. The van der Waals surface area contributed by atoms with Gasteiger partial charge in [-0.05, 0) is 57.3 Å². The number of aryl methyl sites for hydroxylation is 1. The molecule has 1 aromatic heterocycles. The van der Waals surface area contributed by atoms with Gasteiger partial charge < -0.3 is 10.2 Å². The van der Waals surface area contributed by atoms with Crippen LogP contribution in [0.3, 0.4) is 0 Å². The minimum atomic E-state index is 0.258. The summed E-state index contributed by atoms with van der Waals surface area (Å²) >= 11 is 0. The van der Waals surface area contributed by atoms with Gasteiger partial charge in [0.05, 0.1) is 6.04 Å². The minimum Gasteiger partial charge on any atom is -0.465 e. The summed E-state index contributed by atoms with van der Waals surface area (Å²) in [4.78, 5) is 2.49. The average molecular weight is 236 g/mol. The molecular weight excluding hydrogens is 212 g/mol. The lowest BCUT2D eigenvalue weighted by molar-refractivity contribution is 0.183. The highest BCUT2D eigenvalue weighted by atomic mass is 16.3. The monoisotopic (exact) mass is 236 g/mol. The Balaban J connectivity index is 2.07. The zero-order valence-corrected chi connectivity index (χ0v) is 11.0. The van der Waals surface area contributed by atoms with Gasteiger partial charge in [-0.1, -0.05) is 6.92 Å². The van der Waals surface area contributed by atoms with Crippen LogP contribution in [-0.4, -0.2) is 24.5 Å². The van der Waals surface area contributed by atoms with Crippen molar-refractivity contribution in [3.8, 4) is 0 Å². The normalized spacial score (nSPS) is 24.5. The van der Waals surface area contributed by atoms with Crippen molar-refractivity contribution >= 4 is 0 Å². The van der Waals surface area contributed by atoms with Crippen molar-refractivity contribution in [3.63, 3.8) is 0 Å². The first-order valence-corrected chi connectivity index (χ1v) is 6.71. The lowest BCUT2D eigenvalue weighted by Gasteiger charge is -2.28. The average Bonchev–Trinajstić information content (AvgIpc) is 2.61. The SMILES string of the molecule is Cc1ccc(C(CN)N2CCCC(C)CC2)o1. The summed E-state index contributed by atoms with van der Waals surface area (Å²) in [6, 6.07) is 4.36. The number of rotatable bonds is 3. The number of hydrogen-bond acceptors (Lipinski definition) is 3. The molecule has 2 N–H and O–H groups in total. The fraction of sp³-hybridized carbons (Fsp3) is 0.714. The molecule has 0 aromatic carbocycles. The van der Waals surface area contributed by atoms with Gasteiger partial charge in [0.25, 0.3) is 0 Å². The van der Waals surface area contributed by atoms with E-state index in [0.717, 1.165) is 30.5 Å². The van der Waals surface area contributed by atoms with E-state index in [9.17, 15) is 0 Å². The van der Waals surface area contributed by atoms with E-state index in [-0.39, 0.29) is 6.04 Å². The predicted molar refractivity (Wildman–Crippen MR) is 69.8 cm³/mol. The molecule has 1 aliphatic rings. The second-order valence-electron chi connectivity index (χ2n) is 5.27. The first-order chi connectivity index (χ1) is 8.20. The summed E-state index contributed by atoms with van der Waals surface area (Å²) in [5, 5.41) is 0. The largest absolute Gasteiger partial charge is 0.465 e. The van der Waals surface area contributed by atoms with Gasteiger partial charge in [0.1, 0.15) is 11.5 Å². The summed E-state index contributed by atoms with van der Waals surface area (Å²) in [5.41, 5.74) is 5.93. The summed E-state index contributed by atoms with van der Waals surface area (Å²) < 4.78 is 5.74. The summed E-state index contributed by atoms with van der Waals surface area (Å²) in [6.45, 7) is 7.26. The first kappa shape index (κ1) is 12.7. The van der Waals surface area contributed by atoms with Gasteiger partial charge in [0.15, 0.2) is 0 Å². The van der Waals surface area contributed by atoms with E-state index in [0.29, 0.717) is 6.54 Å². The van der Waals surface area contributed by atoms with E-state index in [4.69, 9.17) is 10.2 Å². The summed E-state index contributed by atoms with van der Waals surface area (Å²) in [7, 11) is 0. The molecule has 0 aliphatic carbocycles. The highest BCUT2D eigenvalue weighted by Gasteiger charge is 2.24. The van der Waals surface area contributed by atoms with Crippen LogP contribution in [0.4, 0.5) is 0 Å². The van der Waals surface area contributed by atoms with Crippen LogP contribution in [0.1, 0.15) is 43.7 Å². The molecular formula is C14H24N2O. The van der Waals surface area contributed by atoms with E-state index < -0.39 is 0 Å². The quantitative estimate of drug-likeness (QED) is 0.877. The van der Waals surface area contributed by atoms with Crippen molar-refractivity contribution in [1.29, 1.82) is 0 Å². The molecule has 3 heteroatoms. The third-order valence-corrected chi connectivity index (χ3v) is 3.80. The molecule has 0 amide bonds. The van der Waals surface area contributed by atoms with Crippen molar-refractivity contribution in [1.82, 2.24) is 4.90 Å². The third kappa shape index (κ3) is 3.11. The maximum atomic E-state index is 5.93. The molecule has 17 heavy (non-hydrogen) atoms. The molecule has 2 atom stereocenters. The van der Waals surface area contributed by atoms with Crippen LogP contribution in [-0.2, 0) is 0 Å². The van der Waals surface area contributed by atoms with Crippen LogP contribution in [0.25, 0.3) is 0 Å². The number of nitrogens with zero attached hydrogens (tertiary/aromatic N) is 1. The molecule has 0 saturated carbocycles. The topological polar surface area (TPSA) is 42.4 Å². The highest BCUT2D eigenvalue weighted by molar-refractivity contribution is 5.10. The lowest BCUT2D eigenvalue weighted by Crippen LogP contribution is -2.34. The summed E-state index contributed by atoms with van der Waals surface area (Å²) in [6.07, 6.45) is 3.89. The number of furan rings is 1. The van der Waals surface area contributed by atoms with Crippen molar-refractivity contribution < 1.29 is 4.42 Å². The molecule has 2 unspecified atom stereocenters. The summed E-state index contributed by atoms with van der Waals surface area (Å²) in [5.74, 6) is 2.85. The van der Waals surface area contributed by atoms with Gasteiger partial charge in [-0.25, -0.2) is 0 Å². The van der Waals surface area contributed by atoms with Crippen molar-refractivity contribution in [2.45, 2.75) is 39.2 Å². The molecule has 2 rings (SSSR count). The Labute approximate surface area is 104 Å². The highest BCUT2D eigenvalue weighted by Crippen LogP contribution is 2.26. The Morgan fingerprint density at radius 1 is 1.41 bits per heavy atom. The Morgan fingerprint density at radius 3 is 2.88 bits per heavy atom. The van der Waals surface area contributed by atoms with Crippen LogP contribution in [0.2, 0.25) is 0 Å². The van der Waals surface area contributed by atoms with Gasteiger partial charge in [-0.3, -0.25) is 4.90 Å². The number of likely N-dealkylation sites (tertiary alicyclic amines) is 1. The van der Waals surface area contributed by atoms with Crippen LogP contribution in [0.15, 0.2) is 16.5 Å². The number of nitrogens with two attached hydrogens (primary N) is 1. The Bertz CT molecular complexity index is 348. The van der Waals surface area contributed by atoms with Crippen molar-refractivity contribution in [3.05, 3.63) is 23.7 Å².